The van der Waals surface area contributed by atoms with E-state index in [9.17, 15) is 0 Å². The maximum atomic E-state index is 8.87. The van der Waals surface area contributed by atoms with E-state index in [0.717, 1.165) is 25.9 Å². The first-order valence-electron chi connectivity index (χ1n) is 5.41. The number of aromatic nitrogens is 4. The van der Waals surface area contributed by atoms with Crippen LogP contribution < -0.4 is 4.90 Å². The van der Waals surface area contributed by atoms with Crippen molar-refractivity contribution in [3.8, 4) is 17.5 Å². The molecule has 7 heteroatoms. The van der Waals surface area contributed by atoms with Gasteiger partial charge in [0.15, 0.2) is 0 Å². The molecule has 1 aliphatic rings. The van der Waals surface area contributed by atoms with Gasteiger partial charge in [0.05, 0.1) is 11.8 Å². The summed E-state index contributed by atoms with van der Waals surface area (Å²) >= 11 is 0. The third-order valence-corrected chi connectivity index (χ3v) is 2.79. The standard InChI is InChI=1S/C10H10N6O/c11-5-8-7(6-12-14-8)9-13-10(15-17-9)16-3-1-2-4-16/h6H,1-4H2,(H,12,14). The molecule has 7 nitrogen and oxygen atoms in total. The van der Waals surface area contributed by atoms with E-state index in [2.05, 4.69) is 25.2 Å². The van der Waals surface area contributed by atoms with E-state index in [1.807, 2.05) is 6.07 Å². The number of nitriles is 1. The van der Waals surface area contributed by atoms with Crippen molar-refractivity contribution in [1.82, 2.24) is 20.3 Å². The first kappa shape index (κ1) is 9.84. The lowest BCUT2D eigenvalue weighted by Gasteiger charge is -2.09. The zero-order valence-corrected chi connectivity index (χ0v) is 9.05. The molecule has 3 heterocycles. The van der Waals surface area contributed by atoms with Gasteiger partial charge in [-0.1, -0.05) is 0 Å². The molecule has 0 bridgehead atoms. The van der Waals surface area contributed by atoms with Crippen LogP contribution in [-0.2, 0) is 0 Å². The third kappa shape index (κ3) is 1.63. The van der Waals surface area contributed by atoms with Crippen molar-refractivity contribution in [2.75, 3.05) is 18.0 Å². The maximum Gasteiger partial charge on any atom is 0.266 e. The van der Waals surface area contributed by atoms with Crippen LogP contribution in [0.4, 0.5) is 5.95 Å². The molecule has 1 N–H and O–H groups in total. The van der Waals surface area contributed by atoms with Crippen molar-refractivity contribution in [1.29, 1.82) is 5.26 Å². The van der Waals surface area contributed by atoms with Crippen LogP contribution in [0.1, 0.15) is 18.5 Å². The van der Waals surface area contributed by atoms with E-state index in [0.29, 0.717) is 23.1 Å². The number of hydrogen-bond acceptors (Lipinski definition) is 6. The average molecular weight is 230 g/mol. The van der Waals surface area contributed by atoms with Crippen molar-refractivity contribution in [3.05, 3.63) is 11.9 Å². The summed E-state index contributed by atoms with van der Waals surface area (Å²) < 4.78 is 5.15. The van der Waals surface area contributed by atoms with Crippen molar-refractivity contribution in [3.63, 3.8) is 0 Å². The zero-order chi connectivity index (χ0) is 11.7. The van der Waals surface area contributed by atoms with E-state index in [1.165, 1.54) is 6.20 Å². The smallest absolute Gasteiger partial charge is 0.266 e. The molecule has 0 unspecified atom stereocenters. The fourth-order valence-electron chi connectivity index (χ4n) is 1.90. The second-order valence-corrected chi connectivity index (χ2v) is 3.86. The van der Waals surface area contributed by atoms with Gasteiger partial charge in [0.2, 0.25) is 0 Å². The fourth-order valence-corrected chi connectivity index (χ4v) is 1.90. The van der Waals surface area contributed by atoms with Crippen molar-refractivity contribution in [2.24, 2.45) is 0 Å². The van der Waals surface area contributed by atoms with Crippen LogP contribution in [0.25, 0.3) is 11.5 Å². The van der Waals surface area contributed by atoms with E-state index in [1.54, 1.807) is 0 Å². The molecule has 0 atom stereocenters. The topological polar surface area (TPSA) is 94.6 Å². The first-order valence-corrected chi connectivity index (χ1v) is 5.41. The predicted molar refractivity (Wildman–Crippen MR) is 58.0 cm³/mol. The van der Waals surface area contributed by atoms with E-state index in [-0.39, 0.29) is 0 Å². The Bertz CT molecular complexity index is 559. The number of nitrogens with one attached hydrogen (secondary N) is 1. The molecule has 3 rings (SSSR count). The van der Waals surface area contributed by atoms with E-state index in [4.69, 9.17) is 9.78 Å². The number of nitrogens with zero attached hydrogens (tertiary/aromatic N) is 5. The summed E-state index contributed by atoms with van der Waals surface area (Å²) in [4.78, 5) is 6.35. The summed E-state index contributed by atoms with van der Waals surface area (Å²) in [5.74, 6) is 0.916. The molecule has 0 amide bonds. The molecule has 0 aromatic carbocycles. The van der Waals surface area contributed by atoms with Crippen molar-refractivity contribution >= 4 is 5.95 Å². The molecule has 0 spiro atoms. The molecule has 0 saturated carbocycles. The summed E-state index contributed by atoms with van der Waals surface area (Å²) in [6.45, 7) is 1.91. The summed E-state index contributed by atoms with van der Waals surface area (Å²) in [6.07, 6.45) is 3.82. The quantitative estimate of drug-likeness (QED) is 0.824. The molecule has 1 aliphatic heterocycles. The van der Waals surface area contributed by atoms with Crippen LogP contribution in [0.15, 0.2) is 10.7 Å². The van der Waals surface area contributed by atoms with Crippen LogP contribution in [0, 0.1) is 11.3 Å². The Labute approximate surface area is 97.0 Å². The van der Waals surface area contributed by atoms with Gasteiger partial charge < -0.3 is 9.42 Å². The minimum atomic E-state index is 0.331. The molecule has 17 heavy (non-hydrogen) atoms. The highest BCUT2D eigenvalue weighted by Gasteiger charge is 2.20. The van der Waals surface area contributed by atoms with Crippen LogP contribution in [0.2, 0.25) is 0 Å². The lowest BCUT2D eigenvalue weighted by molar-refractivity contribution is 0.430. The van der Waals surface area contributed by atoms with Gasteiger partial charge in [-0.05, 0) is 18.0 Å². The van der Waals surface area contributed by atoms with Gasteiger partial charge in [-0.25, -0.2) is 0 Å². The largest absolute Gasteiger partial charge is 0.338 e. The molecule has 0 radical (unpaired) electrons. The van der Waals surface area contributed by atoms with E-state index < -0.39 is 0 Å². The third-order valence-electron chi connectivity index (χ3n) is 2.79. The van der Waals surface area contributed by atoms with Gasteiger partial charge in [-0.3, -0.25) is 5.10 Å². The molecule has 0 aliphatic carbocycles. The number of anilines is 1. The van der Waals surface area contributed by atoms with Crippen molar-refractivity contribution in [2.45, 2.75) is 12.8 Å². The molecule has 1 fully saturated rings. The summed E-state index contributed by atoms with van der Waals surface area (Å²) in [5, 5.41) is 19.2. The van der Waals surface area contributed by atoms with Crippen molar-refractivity contribution < 1.29 is 4.52 Å². The van der Waals surface area contributed by atoms with Crippen LogP contribution in [0.5, 0.6) is 0 Å². The van der Waals surface area contributed by atoms with E-state index >= 15 is 0 Å². The minimum Gasteiger partial charge on any atom is -0.338 e. The highest BCUT2D eigenvalue weighted by molar-refractivity contribution is 5.60. The Morgan fingerprint density at radius 2 is 2.24 bits per heavy atom. The maximum absolute atomic E-state index is 8.87. The Morgan fingerprint density at radius 1 is 1.41 bits per heavy atom. The Balaban J connectivity index is 1.92. The molecular formula is C10H10N6O. The van der Waals surface area contributed by atoms with Crippen LogP contribution in [-0.4, -0.2) is 33.4 Å². The van der Waals surface area contributed by atoms with Crippen LogP contribution >= 0.6 is 0 Å². The summed E-state index contributed by atoms with van der Waals surface area (Å²) in [6, 6.07) is 1.99. The monoisotopic (exact) mass is 230 g/mol. The van der Waals surface area contributed by atoms with Gasteiger partial charge in [0, 0.05) is 13.1 Å². The van der Waals surface area contributed by atoms with Gasteiger partial charge in [0.25, 0.3) is 11.8 Å². The van der Waals surface area contributed by atoms with Gasteiger partial charge in [0.1, 0.15) is 11.8 Å². The van der Waals surface area contributed by atoms with Gasteiger partial charge in [-0.15, -0.1) is 0 Å². The zero-order valence-electron chi connectivity index (χ0n) is 9.05. The van der Waals surface area contributed by atoms with Gasteiger partial charge >= 0.3 is 0 Å². The number of hydrogen-bond donors (Lipinski definition) is 1. The lowest BCUT2D eigenvalue weighted by Crippen LogP contribution is -2.18. The average Bonchev–Trinajstić information content (AvgIpc) is 3.09. The summed E-state index contributed by atoms with van der Waals surface area (Å²) in [5.41, 5.74) is 0.882. The lowest BCUT2D eigenvalue weighted by atomic mass is 10.2. The van der Waals surface area contributed by atoms with Gasteiger partial charge in [-0.2, -0.15) is 15.3 Å². The Morgan fingerprint density at radius 3 is 3.00 bits per heavy atom. The molecule has 2 aromatic rings. The minimum absolute atomic E-state index is 0.331. The van der Waals surface area contributed by atoms with Crippen LogP contribution in [0.3, 0.4) is 0 Å². The predicted octanol–water partition coefficient (Wildman–Crippen LogP) is 0.932. The fraction of sp³-hybridized carbons (Fsp3) is 0.400. The molecular weight excluding hydrogens is 220 g/mol. The Hall–Kier alpha value is -2.36. The second kappa shape index (κ2) is 3.90. The Kier molecular flexibility index (Phi) is 2.26. The highest BCUT2D eigenvalue weighted by Crippen LogP contribution is 2.23. The summed E-state index contributed by atoms with van der Waals surface area (Å²) in [7, 11) is 0. The SMILES string of the molecule is N#Cc1[nH]ncc1-c1nc(N2CCCC2)no1. The number of rotatable bonds is 2. The normalized spacial score (nSPS) is 15.1. The number of H-pyrrole nitrogens is 1. The number of aromatic amines is 1. The first-order chi connectivity index (χ1) is 8.38. The highest BCUT2D eigenvalue weighted by atomic mass is 16.5. The second-order valence-electron chi connectivity index (χ2n) is 3.86. The molecule has 86 valence electrons. The molecule has 2 aromatic heterocycles. The molecule has 1 saturated heterocycles.